The van der Waals surface area contributed by atoms with E-state index >= 15 is 0 Å². The summed E-state index contributed by atoms with van der Waals surface area (Å²) >= 11 is 1.34. The van der Waals surface area contributed by atoms with E-state index in [2.05, 4.69) is 20.6 Å². The Morgan fingerprint density at radius 3 is 2.65 bits per heavy atom. The lowest BCUT2D eigenvalue weighted by atomic mass is 9.96. The molecular formula is C19H24N4O2S. The number of aromatic nitrogens is 2. The van der Waals surface area contributed by atoms with Gasteiger partial charge in [0.1, 0.15) is 10.9 Å². The maximum atomic E-state index is 12.4. The van der Waals surface area contributed by atoms with Crippen LogP contribution in [0.5, 0.6) is 0 Å². The Morgan fingerprint density at radius 1 is 1.15 bits per heavy atom. The lowest BCUT2D eigenvalue weighted by Gasteiger charge is -2.23. The normalized spacial score (nSPS) is 16.2. The summed E-state index contributed by atoms with van der Waals surface area (Å²) in [5.74, 6) is 0.345. The average Bonchev–Trinajstić information content (AvgIpc) is 2.62. The van der Waals surface area contributed by atoms with Crippen LogP contribution in [0.1, 0.15) is 44.9 Å². The van der Waals surface area contributed by atoms with Crippen molar-refractivity contribution < 1.29 is 9.59 Å². The lowest BCUT2D eigenvalue weighted by molar-refractivity contribution is -0.119. The molecule has 1 aromatic heterocycles. The number of aryl methyl sites for hydroxylation is 1. The highest BCUT2D eigenvalue weighted by Gasteiger charge is 2.21. The molecule has 1 fully saturated rings. The molecule has 0 radical (unpaired) electrons. The Hall–Kier alpha value is -2.15. The molecule has 7 heteroatoms. The number of hydrogen-bond acceptors (Lipinski definition) is 5. The molecule has 3 rings (SSSR count). The number of amides is 3. The molecule has 1 aliphatic rings. The highest BCUT2D eigenvalue weighted by Crippen LogP contribution is 2.28. The van der Waals surface area contributed by atoms with Gasteiger partial charge in [0.25, 0.3) is 0 Å². The molecule has 3 amide bonds. The molecule has 1 atom stereocenters. The monoisotopic (exact) mass is 372 g/mol. The standard InChI is InChI=1S/C19H24N4O2S/c1-12(17(24)23-19(25)22-14-8-4-3-5-9-14)26-18-15-10-6-7-11-16(15)20-13(2)21-18/h6-7,10-12,14H,3-5,8-9H2,1-2H3,(H2,22,23,24,25). The minimum Gasteiger partial charge on any atom is -0.335 e. The summed E-state index contributed by atoms with van der Waals surface area (Å²) < 4.78 is 0. The third kappa shape index (κ3) is 4.72. The van der Waals surface area contributed by atoms with E-state index in [9.17, 15) is 9.59 Å². The van der Waals surface area contributed by atoms with Crippen LogP contribution in [0.3, 0.4) is 0 Å². The van der Waals surface area contributed by atoms with Crippen LogP contribution in [-0.4, -0.2) is 33.2 Å². The van der Waals surface area contributed by atoms with Crippen LogP contribution in [0.2, 0.25) is 0 Å². The molecule has 1 aliphatic carbocycles. The summed E-state index contributed by atoms with van der Waals surface area (Å²) in [5, 5.41) is 6.58. The first kappa shape index (κ1) is 18.6. The van der Waals surface area contributed by atoms with Crippen LogP contribution in [0, 0.1) is 6.92 Å². The van der Waals surface area contributed by atoms with Gasteiger partial charge in [0.2, 0.25) is 5.91 Å². The third-order valence-corrected chi connectivity index (χ3v) is 5.62. The quantitative estimate of drug-likeness (QED) is 0.633. The zero-order valence-corrected chi connectivity index (χ0v) is 15.9. The van der Waals surface area contributed by atoms with Crippen LogP contribution < -0.4 is 10.6 Å². The average molecular weight is 372 g/mol. The second kappa shape index (κ2) is 8.49. The number of thioether (sulfide) groups is 1. The number of urea groups is 1. The summed E-state index contributed by atoms with van der Waals surface area (Å²) in [6.45, 7) is 3.61. The Labute approximate surface area is 157 Å². The van der Waals surface area contributed by atoms with Crippen molar-refractivity contribution in [2.45, 2.75) is 62.3 Å². The predicted molar refractivity (Wildman–Crippen MR) is 103 cm³/mol. The number of rotatable bonds is 4. The van der Waals surface area contributed by atoms with E-state index in [4.69, 9.17) is 0 Å². The Kier molecular flexibility index (Phi) is 6.08. The zero-order valence-electron chi connectivity index (χ0n) is 15.1. The fraction of sp³-hybridized carbons (Fsp3) is 0.474. The SMILES string of the molecule is Cc1nc(SC(C)C(=O)NC(=O)NC2CCCCC2)c2ccccc2n1. The predicted octanol–water partition coefficient (Wildman–Crippen LogP) is 3.58. The van der Waals surface area contributed by atoms with E-state index in [-0.39, 0.29) is 11.9 Å². The van der Waals surface area contributed by atoms with Crippen LogP contribution in [0.4, 0.5) is 4.79 Å². The van der Waals surface area contributed by atoms with Crippen molar-refractivity contribution in [1.29, 1.82) is 0 Å². The number of carbonyl (C=O) groups is 2. The summed E-state index contributed by atoms with van der Waals surface area (Å²) in [4.78, 5) is 33.3. The van der Waals surface area contributed by atoms with Crippen LogP contribution in [0.25, 0.3) is 10.9 Å². The molecule has 0 saturated heterocycles. The summed E-state index contributed by atoms with van der Waals surface area (Å²) in [5.41, 5.74) is 0.852. The van der Waals surface area contributed by atoms with Crippen LogP contribution in [-0.2, 0) is 4.79 Å². The van der Waals surface area contributed by atoms with E-state index in [1.165, 1.54) is 18.2 Å². The van der Waals surface area contributed by atoms with Gasteiger partial charge < -0.3 is 5.32 Å². The molecule has 1 heterocycles. The van der Waals surface area contributed by atoms with Gasteiger partial charge in [-0.25, -0.2) is 14.8 Å². The first-order valence-electron chi connectivity index (χ1n) is 9.04. The van der Waals surface area contributed by atoms with E-state index in [0.29, 0.717) is 5.82 Å². The maximum Gasteiger partial charge on any atom is 0.321 e. The van der Waals surface area contributed by atoms with Crippen LogP contribution in [0.15, 0.2) is 29.3 Å². The summed E-state index contributed by atoms with van der Waals surface area (Å²) in [6.07, 6.45) is 5.45. The van der Waals surface area contributed by atoms with Gasteiger partial charge in [-0.05, 0) is 32.8 Å². The highest BCUT2D eigenvalue weighted by molar-refractivity contribution is 8.00. The number of nitrogens with zero attached hydrogens (tertiary/aromatic N) is 2. The molecule has 2 aromatic rings. The van der Waals surface area contributed by atoms with Crippen molar-refractivity contribution in [3.05, 3.63) is 30.1 Å². The van der Waals surface area contributed by atoms with Gasteiger partial charge in [0.15, 0.2) is 0 Å². The van der Waals surface area contributed by atoms with Gasteiger partial charge in [-0.3, -0.25) is 10.1 Å². The Bertz CT molecular complexity index is 805. The van der Waals surface area contributed by atoms with E-state index in [1.807, 2.05) is 31.2 Å². The van der Waals surface area contributed by atoms with Gasteiger partial charge in [-0.15, -0.1) is 0 Å². The van der Waals surface area contributed by atoms with E-state index in [1.54, 1.807) is 6.92 Å². The van der Waals surface area contributed by atoms with Gasteiger partial charge in [-0.2, -0.15) is 0 Å². The number of fused-ring (bicyclic) bond motifs is 1. The minimum atomic E-state index is -0.440. The molecule has 1 saturated carbocycles. The fourth-order valence-corrected chi connectivity index (χ4v) is 4.14. The number of carbonyl (C=O) groups excluding carboxylic acids is 2. The molecule has 1 aromatic carbocycles. The van der Waals surface area contributed by atoms with E-state index < -0.39 is 11.3 Å². The molecule has 6 nitrogen and oxygen atoms in total. The van der Waals surface area contributed by atoms with Crippen molar-refractivity contribution in [1.82, 2.24) is 20.6 Å². The summed E-state index contributed by atoms with van der Waals surface area (Å²) in [6, 6.07) is 7.49. The molecule has 26 heavy (non-hydrogen) atoms. The van der Waals surface area contributed by atoms with E-state index in [0.717, 1.165) is 41.6 Å². The van der Waals surface area contributed by atoms with Crippen molar-refractivity contribution in [3.8, 4) is 0 Å². The first-order chi connectivity index (χ1) is 12.5. The molecule has 1 unspecified atom stereocenters. The minimum absolute atomic E-state index is 0.174. The van der Waals surface area contributed by atoms with Gasteiger partial charge in [-0.1, -0.05) is 49.2 Å². The smallest absolute Gasteiger partial charge is 0.321 e. The third-order valence-electron chi connectivity index (χ3n) is 4.51. The van der Waals surface area contributed by atoms with Crippen molar-refractivity contribution in [3.63, 3.8) is 0 Å². The Balaban J connectivity index is 1.61. The first-order valence-corrected chi connectivity index (χ1v) is 9.92. The molecule has 2 N–H and O–H groups in total. The lowest BCUT2D eigenvalue weighted by Crippen LogP contribution is -2.47. The molecule has 0 aliphatic heterocycles. The maximum absolute atomic E-state index is 12.4. The Morgan fingerprint density at radius 2 is 1.88 bits per heavy atom. The zero-order chi connectivity index (χ0) is 18.5. The fourth-order valence-electron chi connectivity index (χ4n) is 3.15. The van der Waals surface area contributed by atoms with Crippen molar-refractivity contribution >= 4 is 34.6 Å². The second-order valence-corrected chi connectivity index (χ2v) is 7.98. The van der Waals surface area contributed by atoms with Gasteiger partial charge in [0.05, 0.1) is 10.8 Å². The largest absolute Gasteiger partial charge is 0.335 e. The van der Waals surface area contributed by atoms with Crippen LogP contribution >= 0.6 is 11.8 Å². The van der Waals surface area contributed by atoms with Crippen molar-refractivity contribution in [2.24, 2.45) is 0 Å². The molecular weight excluding hydrogens is 348 g/mol. The number of hydrogen-bond donors (Lipinski definition) is 2. The van der Waals surface area contributed by atoms with Gasteiger partial charge >= 0.3 is 6.03 Å². The highest BCUT2D eigenvalue weighted by atomic mass is 32.2. The summed E-state index contributed by atoms with van der Waals surface area (Å²) in [7, 11) is 0. The number of nitrogens with one attached hydrogen (secondary N) is 2. The molecule has 138 valence electrons. The topological polar surface area (TPSA) is 84.0 Å². The van der Waals surface area contributed by atoms with Gasteiger partial charge in [0, 0.05) is 11.4 Å². The number of imide groups is 1. The van der Waals surface area contributed by atoms with Crippen molar-refractivity contribution in [2.75, 3.05) is 0 Å². The molecule has 0 spiro atoms. The number of para-hydroxylation sites is 1. The second-order valence-electron chi connectivity index (χ2n) is 6.65. The molecule has 0 bridgehead atoms. The number of benzene rings is 1.